The molecule has 0 spiro atoms. The van der Waals surface area contributed by atoms with E-state index in [9.17, 15) is 4.39 Å². The van der Waals surface area contributed by atoms with Gasteiger partial charge in [0.05, 0.1) is 18.9 Å². The maximum Gasteiger partial charge on any atom is 0.131 e. The molecular weight excluding hydrogens is 241 g/mol. The van der Waals surface area contributed by atoms with E-state index in [0.717, 1.165) is 36.0 Å². The maximum absolute atomic E-state index is 13.8. The molecule has 0 fully saturated rings. The molecule has 0 saturated carbocycles. The Bertz CT molecular complexity index is 636. The van der Waals surface area contributed by atoms with E-state index in [-0.39, 0.29) is 11.9 Å². The first kappa shape index (κ1) is 12.2. The van der Waals surface area contributed by atoms with Crippen molar-refractivity contribution >= 4 is 10.8 Å². The molecule has 1 aliphatic heterocycles. The standard InChI is InChI=1S/C16H16FNO/c17-15-8-7-14(12-5-1-2-6-13(12)15)16(18)11-4-3-9-19-10-11/h1-2,5-8,10,16H,3-4,9,18H2. The Balaban J connectivity index is 2.10. The van der Waals surface area contributed by atoms with E-state index in [0.29, 0.717) is 5.39 Å². The molecule has 1 aliphatic rings. The van der Waals surface area contributed by atoms with Gasteiger partial charge >= 0.3 is 0 Å². The van der Waals surface area contributed by atoms with Gasteiger partial charge in [-0.3, -0.25) is 0 Å². The average Bonchev–Trinajstić information content (AvgIpc) is 2.48. The highest BCUT2D eigenvalue weighted by Crippen LogP contribution is 2.31. The molecule has 98 valence electrons. The minimum absolute atomic E-state index is 0.208. The van der Waals surface area contributed by atoms with Crippen LogP contribution in [-0.4, -0.2) is 6.61 Å². The van der Waals surface area contributed by atoms with Crippen LogP contribution in [0.15, 0.2) is 48.2 Å². The van der Waals surface area contributed by atoms with Gasteiger partial charge in [0.15, 0.2) is 0 Å². The van der Waals surface area contributed by atoms with E-state index in [2.05, 4.69) is 0 Å². The lowest BCUT2D eigenvalue weighted by Gasteiger charge is -2.21. The summed E-state index contributed by atoms with van der Waals surface area (Å²) in [5.74, 6) is -0.208. The fourth-order valence-corrected chi connectivity index (χ4v) is 2.57. The number of halogens is 1. The van der Waals surface area contributed by atoms with E-state index in [4.69, 9.17) is 10.5 Å². The van der Waals surface area contributed by atoms with Gasteiger partial charge < -0.3 is 10.5 Å². The molecule has 2 nitrogen and oxygen atoms in total. The highest BCUT2D eigenvalue weighted by Gasteiger charge is 2.18. The van der Waals surface area contributed by atoms with Crippen molar-refractivity contribution in [3.8, 4) is 0 Å². The van der Waals surface area contributed by atoms with Gasteiger partial charge in [-0.2, -0.15) is 0 Å². The zero-order valence-corrected chi connectivity index (χ0v) is 10.6. The lowest BCUT2D eigenvalue weighted by atomic mass is 9.92. The summed E-state index contributed by atoms with van der Waals surface area (Å²) in [5, 5.41) is 1.49. The van der Waals surface area contributed by atoms with Crippen LogP contribution in [0, 0.1) is 5.82 Å². The number of rotatable bonds is 2. The van der Waals surface area contributed by atoms with E-state index in [1.54, 1.807) is 18.4 Å². The fourth-order valence-electron chi connectivity index (χ4n) is 2.57. The quantitative estimate of drug-likeness (QED) is 0.890. The molecule has 0 aliphatic carbocycles. The summed E-state index contributed by atoms with van der Waals surface area (Å²) in [5.41, 5.74) is 8.34. The van der Waals surface area contributed by atoms with E-state index in [1.165, 1.54) is 6.07 Å². The summed E-state index contributed by atoms with van der Waals surface area (Å²) in [6.07, 6.45) is 3.68. The Kier molecular flexibility index (Phi) is 3.22. The van der Waals surface area contributed by atoms with Crippen molar-refractivity contribution in [1.29, 1.82) is 0 Å². The fraction of sp³-hybridized carbons (Fsp3) is 0.250. The van der Waals surface area contributed by atoms with Crippen molar-refractivity contribution in [1.82, 2.24) is 0 Å². The van der Waals surface area contributed by atoms with Crippen LogP contribution in [0.25, 0.3) is 10.8 Å². The van der Waals surface area contributed by atoms with Gasteiger partial charge in [-0.05, 0) is 35.4 Å². The lowest BCUT2D eigenvalue weighted by molar-refractivity contribution is 0.221. The third-order valence-corrected chi connectivity index (χ3v) is 3.60. The van der Waals surface area contributed by atoms with Gasteiger partial charge in [0, 0.05) is 5.39 Å². The van der Waals surface area contributed by atoms with Crippen LogP contribution in [-0.2, 0) is 4.74 Å². The zero-order chi connectivity index (χ0) is 13.2. The minimum Gasteiger partial charge on any atom is -0.501 e. The second-order valence-electron chi connectivity index (χ2n) is 4.83. The predicted molar refractivity (Wildman–Crippen MR) is 74.1 cm³/mol. The van der Waals surface area contributed by atoms with Crippen molar-refractivity contribution in [2.45, 2.75) is 18.9 Å². The molecule has 19 heavy (non-hydrogen) atoms. The number of fused-ring (bicyclic) bond motifs is 1. The van der Waals surface area contributed by atoms with E-state index >= 15 is 0 Å². The second kappa shape index (κ2) is 5.02. The van der Waals surface area contributed by atoms with Crippen LogP contribution in [0.1, 0.15) is 24.4 Å². The van der Waals surface area contributed by atoms with Crippen LogP contribution < -0.4 is 5.73 Å². The molecule has 0 saturated heterocycles. The van der Waals surface area contributed by atoms with Crippen molar-refractivity contribution in [3.05, 3.63) is 59.6 Å². The summed E-state index contributed by atoms with van der Waals surface area (Å²) >= 11 is 0. The summed E-state index contributed by atoms with van der Waals surface area (Å²) in [7, 11) is 0. The van der Waals surface area contributed by atoms with Gasteiger partial charge in [0.25, 0.3) is 0 Å². The molecule has 1 atom stereocenters. The van der Waals surface area contributed by atoms with Crippen molar-refractivity contribution < 1.29 is 9.13 Å². The highest BCUT2D eigenvalue weighted by molar-refractivity contribution is 5.87. The summed E-state index contributed by atoms with van der Waals surface area (Å²) in [6.45, 7) is 0.750. The molecular formula is C16H16FNO. The van der Waals surface area contributed by atoms with Crippen molar-refractivity contribution in [3.63, 3.8) is 0 Å². The molecule has 1 unspecified atom stereocenters. The van der Waals surface area contributed by atoms with Gasteiger partial charge in [-0.1, -0.05) is 30.3 Å². The lowest BCUT2D eigenvalue weighted by Crippen LogP contribution is -2.16. The van der Waals surface area contributed by atoms with Gasteiger partial charge in [0.1, 0.15) is 5.82 Å². The Hall–Kier alpha value is -1.87. The molecule has 0 amide bonds. The van der Waals surface area contributed by atoms with Crippen LogP contribution >= 0.6 is 0 Å². The van der Waals surface area contributed by atoms with Crippen molar-refractivity contribution in [2.75, 3.05) is 6.61 Å². The third-order valence-electron chi connectivity index (χ3n) is 3.60. The van der Waals surface area contributed by atoms with E-state index < -0.39 is 0 Å². The minimum atomic E-state index is -0.231. The Morgan fingerprint density at radius 1 is 1.11 bits per heavy atom. The Morgan fingerprint density at radius 3 is 2.63 bits per heavy atom. The van der Waals surface area contributed by atoms with Crippen LogP contribution in [0.2, 0.25) is 0 Å². The van der Waals surface area contributed by atoms with Crippen LogP contribution in [0.4, 0.5) is 4.39 Å². The molecule has 2 aromatic rings. The van der Waals surface area contributed by atoms with Gasteiger partial charge in [0.2, 0.25) is 0 Å². The normalized spacial score (nSPS) is 16.8. The summed E-state index contributed by atoms with van der Waals surface area (Å²) in [4.78, 5) is 0. The van der Waals surface area contributed by atoms with Crippen LogP contribution in [0.3, 0.4) is 0 Å². The molecule has 0 radical (unpaired) electrons. The number of nitrogens with two attached hydrogens (primary N) is 1. The first-order valence-electron chi connectivity index (χ1n) is 6.50. The van der Waals surface area contributed by atoms with Gasteiger partial charge in [-0.25, -0.2) is 4.39 Å². The van der Waals surface area contributed by atoms with Gasteiger partial charge in [-0.15, -0.1) is 0 Å². The number of hydrogen-bond donors (Lipinski definition) is 1. The average molecular weight is 257 g/mol. The monoisotopic (exact) mass is 257 g/mol. The molecule has 2 N–H and O–H groups in total. The molecule has 3 rings (SSSR count). The SMILES string of the molecule is NC(C1=COCCC1)c1ccc(F)c2ccccc12. The predicted octanol–water partition coefficient (Wildman–Crippen LogP) is 3.67. The maximum atomic E-state index is 13.8. The molecule has 3 heteroatoms. The number of ether oxygens (including phenoxy) is 1. The largest absolute Gasteiger partial charge is 0.501 e. The first-order chi connectivity index (χ1) is 9.27. The molecule has 0 bridgehead atoms. The first-order valence-corrected chi connectivity index (χ1v) is 6.50. The van der Waals surface area contributed by atoms with Crippen LogP contribution in [0.5, 0.6) is 0 Å². The summed E-state index contributed by atoms with van der Waals surface area (Å²) < 4.78 is 19.1. The number of benzene rings is 2. The van der Waals surface area contributed by atoms with Crippen molar-refractivity contribution in [2.24, 2.45) is 5.73 Å². The molecule has 1 heterocycles. The smallest absolute Gasteiger partial charge is 0.131 e. The topological polar surface area (TPSA) is 35.2 Å². The Morgan fingerprint density at radius 2 is 1.89 bits per heavy atom. The molecule has 0 aromatic heterocycles. The molecule has 2 aromatic carbocycles. The zero-order valence-electron chi connectivity index (χ0n) is 10.6. The highest BCUT2D eigenvalue weighted by atomic mass is 19.1. The second-order valence-corrected chi connectivity index (χ2v) is 4.83. The third kappa shape index (κ3) is 2.22. The Labute approximate surface area is 111 Å². The number of hydrogen-bond acceptors (Lipinski definition) is 2. The van der Waals surface area contributed by atoms with E-state index in [1.807, 2.05) is 18.2 Å². The summed E-state index contributed by atoms with van der Waals surface area (Å²) in [6, 6.07) is 10.5.